The van der Waals surface area contributed by atoms with Gasteiger partial charge in [0.15, 0.2) is 18.2 Å². The monoisotopic (exact) mass is 396 g/mol. The summed E-state index contributed by atoms with van der Waals surface area (Å²) >= 11 is 0. The highest BCUT2D eigenvalue weighted by molar-refractivity contribution is 5.96. The zero-order chi connectivity index (χ0) is 20.4. The van der Waals surface area contributed by atoms with Crippen molar-refractivity contribution < 1.29 is 18.8 Å². The number of nitro groups is 1. The molecule has 3 N–H and O–H groups in total. The molecule has 1 aliphatic rings. The second kappa shape index (κ2) is 7.38. The van der Waals surface area contributed by atoms with Gasteiger partial charge < -0.3 is 20.7 Å². The Labute approximate surface area is 162 Å². The summed E-state index contributed by atoms with van der Waals surface area (Å²) < 4.78 is 19.4. The standard InChI is InChI=1S/C18H13FN6O4/c19-13-8-20-18(22-11-4-5-15-14(7-11)23-16(26)9-29-15)24-17(13)21-10-2-1-3-12(6-10)25(27)28/h1-8H,9H2,(H,23,26)(H2,20,21,22,24). The van der Waals surface area contributed by atoms with Gasteiger partial charge in [0.2, 0.25) is 5.95 Å². The van der Waals surface area contributed by atoms with E-state index in [1.807, 2.05) is 0 Å². The molecule has 0 atom stereocenters. The Morgan fingerprint density at radius 3 is 2.83 bits per heavy atom. The van der Waals surface area contributed by atoms with E-state index in [9.17, 15) is 19.3 Å². The van der Waals surface area contributed by atoms with Crippen molar-refractivity contribution in [2.24, 2.45) is 0 Å². The molecule has 1 aliphatic heterocycles. The van der Waals surface area contributed by atoms with Gasteiger partial charge in [-0.2, -0.15) is 4.98 Å². The second-order valence-corrected chi connectivity index (χ2v) is 6.00. The van der Waals surface area contributed by atoms with Crippen molar-refractivity contribution in [1.82, 2.24) is 9.97 Å². The molecule has 2 aromatic carbocycles. The molecule has 11 heteroatoms. The van der Waals surface area contributed by atoms with E-state index in [1.165, 1.54) is 18.2 Å². The van der Waals surface area contributed by atoms with Crippen LogP contribution in [0.5, 0.6) is 5.75 Å². The molecule has 0 aliphatic carbocycles. The molecule has 0 spiro atoms. The van der Waals surface area contributed by atoms with Gasteiger partial charge in [-0.15, -0.1) is 0 Å². The first-order chi connectivity index (χ1) is 14.0. The van der Waals surface area contributed by atoms with E-state index in [-0.39, 0.29) is 30.0 Å². The number of fused-ring (bicyclic) bond motifs is 1. The number of nitrogens with one attached hydrogen (secondary N) is 3. The lowest BCUT2D eigenvalue weighted by Crippen LogP contribution is -2.25. The summed E-state index contributed by atoms with van der Waals surface area (Å²) in [4.78, 5) is 29.7. The van der Waals surface area contributed by atoms with Gasteiger partial charge in [-0.25, -0.2) is 9.37 Å². The van der Waals surface area contributed by atoms with Crippen LogP contribution in [0.2, 0.25) is 0 Å². The number of nitro benzene ring substituents is 1. The Bertz CT molecular complexity index is 1120. The highest BCUT2D eigenvalue weighted by atomic mass is 19.1. The minimum atomic E-state index is -0.729. The summed E-state index contributed by atoms with van der Waals surface area (Å²) in [6.45, 7) is -0.0481. The predicted octanol–water partition coefficient (Wildman–Crippen LogP) is 3.34. The Morgan fingerprint density at radius 1 is 1.17 bits per heavy atom. The van der Waals surface area contributed by atoms with E-state index >= 15 is 0 Å². The summed E-state index contributed by atoms with van der Waals surface area (Å²) in [7, 11) is 0. The van der Waals surface area contributed by atoms with Crippen molar-refractivity contribution in [3.8, 4) is 5.75 Å². The van der Waals surface area contributed by atoms with Crippen molar-refractivity contribution in [3.05, 3.63) is 64.6 Å². The lowest BCUT2D eigenvalue weighted by Gasteiger charge is -2.18. The molecule has 0 radical (unpaired) electrons. The molecule has 29 heavy (non-hydrogen) atoms. The number of non-ortho nitro benzene ring substituents is 1. The maximum absolute atomic E-state index is 14.1. The number of carbonyl (C=O) groups is 1. The minimum absolute atomic E-state index is 0.0481. The van der Waals surface area contributed by atoms with Crippen LogP contribution >= 0.6 is 0 Å². The van der Waals surface area contributed by atoms with Crippen LogP contribution < -0.4 is 20.7 Å². The van der Waals surface area contributed by atoms with E-state index in [2.05, 4.69) is 25.9 Å². The van der Waals surface area contributed by atoms with E-state index in [4.69, 9.17) is 4.74 Å². The Morgan fingerprint density at radius 2 is 2.00 bits per heavy atom. The fourth-order valence-electron chi connectivity index (χ4n) is 2.64. The summed E-state index contributed by atoms with van der Waals surface area (Å²) in [6.07, 6.45) is 0.971. The van der Waals surface area contributed by atoms with Crippen LogP contribution in [0.1, 0.15) is 0 Å². The number of ether oxygens (including phenoxy) is 1. The number of carbonyl (C=O) groups excluding carboxylic acids is 1. The number of benzene rings is 2. The van der Waals surface area contributed by atoms with Crippen molar-refractivity contribution in [2.45, 2.75) is 0 Å². The molecule has 0 fully saturated rings. The van der Waals surface area contributed by atoms with Gasteiger partial charge in [0.05, 0.1) is 16.8 Å². The molecular weight excluding hydrogens is 383 g/mol. The third kappa shape index (κ3) is 4.03. The quantitative estimate of drug-likeness (QED) is 0.442. The largest absolute Gasteiger partial charge is 0.482 e. The van der Waals surface area contributed by atoms with Crippen LogP contribution in [0.25, 0.3) is 0 Å². The molecular formula is C18H13FN6O4. The number of rotatable bonds is 5. The molecule has 1 amide bonds. The van der Waals surface area contributed by atoms with Gasteiger partial charge in [0.25, 0.3) is 11.6 Å². The van der Waals surface area contributed by atoms with Gasteiger partial charge in [-0.05, 0) is 24.3 Å². The zero-order valence-corrected chi connectivity index (χ0v) is 14.7. The van der Waals surface area contributed by atoms with Crippen molar-refractivity contribution in [3.63, 3.8) is 0 Å². The average Bonchev–Trinajstić information content (AvgIpc) is 2.70. The number of anilines is 5. The lowest BCUT2D eigenvalue weighted by atomic mass is 10.2. The van der Waals surface area contributed by atoms with Gasteiger partial charge in [-0.3, -0.25) is 14.9 Å². The van der Waals surface area contributed by atoms with Gasteiger partial charge in [0.1, 0.15) is 5.75 Å². The molecule has 1 aromatic heterocycles. The normalized spacial score (nSPS) is 12.4. The van der Waals surface area contributed by atoms with Gasteiger partial charge >= 0.3 is 0 Å². The fraction of sp³-hybridized carbons (Fsp3) is 0.0556. The molecule has 0 unspecified atom stereocenters. The molecule has 2 heterocycles. The van der Waals surface area contributed by atoms with Gasteiger partial charge in [-0.1, -0.05) is 6.07 Å². The first-order valence-electron chi connectivity index (χ1n) is 8.36. The number of hydrogen-bond donors (Lipinski definition) is 3. The second-order valence-electron chi connectivity index (χ2n) is 6.00. The Balaban J connectivity index is 1.56. The number of hydrogen-bond acceptors (Lipinski definition) is 8. The molecule has 0 saturated heterocycles. The Hall–Kier alpha value is -4.28. The molecule has 10 nitrogen and oxygen atoms in total. The first kappa shape index (κ1) is 18.1. The van der Waals surface area contributed by atoms with E-state index in [0.29, 0.717) is 22.8 Å². The van der Waals surface area contributed by atoms with Crippen molar-refractivity contribution >= 4 is 40.4 Å². The minimum Gasteiger partial charge on any atom is -0.482 e. The van der Waals surface area contributed by atoms with Crippen LogP contribution in [0.15, 0.2) is 48.7 Å². The predicted molar refractivity (Wildman–Crippen MR) is 102 cm³/mol. The maximum atomic E-state index is 14.1. The number of aromatic nitrogens is 2. The van der Waals surface area contributed by atoms with Gasteiger partial charge in [0, 0.05) is 23.5 Å². The van der Waals surface area contributed by atoms with E-state index in [0.717, 1.165) is 6.20 Å². The summed E-state index contributed by atoms with van der Waals surface area (Å²) in [5.74, 6) is -0.535. The van der Waals surface area contributed by atoms with Crippen LogP contribution in [-0.4, -0.2) is 27.4 Å². The third-order valence-corrected chi connectivity index (χ3v) is 3.93. The van der Waals surface area contributed by atoms with E-state index in [1.54, 1.807) is 24.3 Å². The van der Waals surface area contributed by atoms with Crippen molar-refractivity contribution in [2.75, 3.05) is 22.6 Å². The van der Waals surface area contributed by atoms with Crippen LogP contribution in [0.3, 0.4) is 0 Å². The highest BCUT2D eigenvalue weighted by Crippen LogP contribution is 2.31. The number of nitrogens with zero attached hydrogens (tertiary/aromatic N) is 3. The third-order valence-electron chi connectivity index (χ3n) is 3.93. The fourth-order valence-corrected chi connectivity index (χ4v) is 2.64. The summed E-state index contributed by atoms with van der Waals surface area (Å²) in [5.41, 5.74) is 1.20. The zero-order valence-electron chi connectivity index (χ0n) is 14.7. The Kier molecular flexibility index (Phi) is 4.61. The molecule has 0 bridgehead atoms. The molecule has 4 rings (SSSR count). The molecule has 0 saturated carbocycles. The number of halogens is 1. The molecule has 3 aromatic rings. The summed E-state index contributed by atoms with van der Waals surface area (Å²) in [6, 6.07) is 10.6. The summed E-state index contributed by atoms with van der Waals surface area (Å²) in [5, 5.41) is 19.2. The molecule has 146 valence electrons. The highest BCUT2D eigenvalue weighted by Gasteiger charge is 2.16. The van der Waals surface area contributed by atoms with Crippen LogP contribution in [0.4, 0.5) is 38.9 Å². The van der Waals surface area contributed by atoms with E-state index < -0.39 is 10.7 Å². The first-order valence-corrected chi connectivity index (χ1v) is 8.36. The maximum Gasteiger partial charge on any atom is 0.271 e. The lowest BCUT2D eigenvalue weighted by molar-refractivity contribution is -0.384. The van der Waals surface area contributed by atoms with Crippen LogP contribution in [0, 0.1) is 15.9 Å². The average molecular weight is 396 g/mol. The topological polar surface area (TPSA) is 131 Å². The SMILES string of the molecule is O=C1COc2ccc(Nc3ncc(F)c(Nc4cccc([N+](=O)[O-])c4)n3)cc2N1. The van der Waals surface area contributed by atoms with Crippen molar-refractivity contribution in [1.29, 1.82) is 0 Å². The number of amides is 1. The smallest absolute Gasteiger partial charge is 0.271 e. The van der Waals surface area contributed by atoms with Crippen LogP contribution in [-0.2, 0) is 4.79 Å².